The number of hydrogen-bond donors (Lipinski definition) is 1. The van der Waals surface area contributed by atoms with E-state index in [0.29, 0.717) is 6.42 Å². The zero-order valence-corrected chi connectivity index (χ0v) is 16.6. The van der Waals surface area contributed by atoms with E-state index in [4.69, 9.17) is 0 Å². The molecule has 0 aliphatic heterocycles. The van der Waals surface area contributed by atoms with Crippen molar-refractivity contribution in [3.63, 3.8) is 0 Å². The molecule has 0 bridgehead atoms. The van der Waals surface area contributed by atoms with Crippen LogP contribution >= 0.6 is 0 Å². The van der Waals surface area contributed by atoms with Crippen molar-refractivity contribution in [3.8, 4) is 11.3 Å². The number of benzene rings is 2. The van der Waals surface area contributed by atoms with Gasteiger partial charge < -0.3 is 5.32 Å². The van der Waals surface area contributed by atoms with Crippen molar-refractivity contribution < 1.29 is 13.6 Å². The molecule has 0 unspecified atom stereocenters. The predicted octanol–water partition coefficient (Wildman–Crippen LogP) is 4.86. The van der Waals surface area contributed by atoms with Crippen LogP contribution < -0.4 is 5.32 Å². The van der Waals surface area contributed by atoms with Gasteiger partial charge >= 0.3 is 0 Å². The van der Waals surface area contributed by atoms with Gasteiger partial charge in [0.15, 0.2) is 5.65 Å². The molecular formula is C23H20F2N4O. The number of rotatable bonds is 5. The molecule has 1 N–H and O–H groups in total. The molecule has 0 aliphatic carbocycles. The van der Waals surface area contributed by atoms with E-state index in [-0.39, 0.29) is 12.1 Å². The van der Waals surface area contributed by atoms with Gasteiger partial charge in [-0.3, -0.25) is 4.79 Å². The lowest BCUT2D eigenvalue weighted by Crippen LogP contribution is -2.15. The summed E-state index contributed by atoms with van der Waals surface area (Å²) in [6.45, 7) is 3.82. The standard InChI is InChI=1S/C23H20F2N4O/c1-14-18(9-11-23(30)27-21-12-17(24)8-10-19(21)25)15(2)29-22(26-14)13-20(28-29)16-6-4-3-5-7-16/h3-8,10,12-13H,9,11H2,1-2H3,(H,27,30). The molecule has 0 spiro atoms. The lowest BCUT2D eigenvalue weighted by Gasteiger charge is -2.11. The maximum absolute atomic E-state index is 13.7. The van der Waals surface area contributed by atoms with Crippen molar-refractivity contribution in [2.45, 2.75) is 26.7 Å². The number of aryl methyl sites for hydroxylation is 2. The Hall–Kier alpha value is -3.61. The van der Waals surface area contributed by atoms with E-state index < -0.39 is 17.5 Å². The molecule has 152 valence electrons. The molecule has 0 fully saturated rings. The fourth-order valence-electron chi connectivity index (χ4n) is 3.48. The summed E-state index contributed by atoms with van der Waals surface area (Å²) in [6.07, 6.45) is 0.515. The number of nitrogens with one attached hydrogen (secondary N) is 1. The maximum Gasteiger partial charge on any atom is 0.224 e. The third kappa shape index (κ3) is 3.91. The topological polar surface area (TPSA) is 59.3 Å². The van der Waals surface area contributed by atoms with E-state index in [1.807, 2.05) is 50.2 Å². The lowest BCUT2D eigenvalue weighted by molar-refractivity contribution is -0.116. The highest BCUT2D eigenvalue weighted by molar-refractivity contribution is 5.91. The van der Waals surface area contributed by atoms with Crippen LogP contribution in [0.4, 0.5) is 14.5 Å². The zero-order chi connectivity index (χ0) is 21.3. The molecule has 4 aromatic rings. The van der Waals surface area contributed by atoms with Crippen LogP contribution in [0.25, 0.3) is 16.9 Å². The quantitative estimate of drug-likeness (QED) is 0.515. The first kappa shape index (κ1) is 19.7. The van der Waals surface area contributed by atoms with Gasteiger partial charge in [-0.25, -0.2) is 18.3 Å². The normalized spacial score (nSPS) is 11.1. The van der Waals surface area contributed by atoms with E-state index in [1.165, 1.54) is 0 Å². The lowest BCUT2D eigenvalue weighted by atomic mass is 10.1. The summed E-state index contributed by atoms with van der Waals surface area (Å²) in [5.74, 6) is -1.69. The molecule has 5 nitrogen and oxygen atoms in total. The summed E-state index contributed by atoms with van der Waals surface area (Å²) in [7, 11) is 0. The van der Waals surface area contributed by atoms with Crippen LogP contribution in [0.3, 0.4) is 0 Å². The average Bonchev–Trinajstić information content (AvgIpc) is 3.15. The highest BCUT2D eigenvalue weighted by Crippen LogP contribution is 2.23. The van der Waals surface area contributed by atoms with E-state index >= 15 is 0 Å². The van der Waals surface area contributed by atoms with Gasteiger partial charge in [-0.1, -0.05) is 30.3 Å². The van der Waals surface area contributed by atoms with Gasteiger partial charge in [-0.05, 0) is 38.0 Å². The van der Waals surface area contributed by atoms with E-state index in [2.05, 4.69) is 15.4 Å². The first-order valence-corrected chi connectivity index (χ1v) is 9.58. The fourth-order valence-corrected chi connectivity index (χ4v) is 3.48. The third-order valence-electron chi connectivity index (χ3n) is 5.04. The summed E-state index contributed by atoms with van der Waals surface area (Å²) in [5, 5.41) is 7.09. The minimum Gasteiger partial charge on any atom is -0.324 e. The fraction of sp³-hybridized carbons (Fsp3) is 0.174. The van der Waals surface area contributed by atoms with Crippen molar-refractivity contribution in [1.29, 1.82) is 0 Å². The van der Waals surface area contributed by atoms with Gasteiger partial charge in [-0.15, -0.1) is 0 Å². The van der Waals surface area contributed by atoms with E-state index in [9.17, 15) is 13.6 Å². The molecule has 0 aliphatic rings. The Bertz CT molecular complexity index is 1240. The number of amides is 1. The molecule has 1 amide bonds. The molecule has 4 rings (SSSR count). The number of hydrogen-bond acceptors (Lipinski definition) is 3. The molecule has 0 saturated carbocycles. The van der Waals surface area contributed by atoms with E-state index in [1.54, 1.807) is 4.52 Å². The highest BCUT2D eigenvalue weighted by Gasteiger charge is 2.15. The summed E-state index contributed by atoms with van der Waals surface area (Å²) in [6, 6.07) is 14.7. The monoisotopic (exact) mass is 406 g/mol. The van der Waals surface area contributed by atoms with Crippen molar-refractivity contribution in [3.05, 3.63) is 83.2 Å². The molecule has 30 heavy (non-hydrogen) atoms. The summed E-state index contributed by atoms with van der Waals surface area (Å²) >= 11 is 0. The van der Waals surface area contributed by atoms with Crippen LogP contribution in [0.5, 0.6) is 0 Å². The molecule has 0 saturated heterocycles. The van der Waals surface area contributed by atoms with Crippen molar-refractivity contribution in [1.82, 2.24) is 14.6 Å². The average molecular weight is 406 g/mol. The van der Waals surface area contributed by atoms with Gasteiger partial charge in [-0.2, -0.15) is 5.10 Å². The third-order valence-corrected chi connectivity index (χ3v) is 5.04. The Morgan fingerprint density at radius 1 is 1.07 bits per heavy atom. The zero-order valence-electron chi connectivity index (χ0n) is 16.6. The Kier molecular flexibility index (Phi) is 5.27. The highest BCUT2D eigenvalue weighted by atomic mass is 19.1. The van der Waals surface area contributed by atoms with Gasteiger partial charge in [0.1, 0.15) is 11.6 Å². The molecule has 0 atom stereocenters. The van der Waals surface area contributed by atoms with Crippen LogP contribution in [-0.4, -0.2) is 20.5 Å². The SMILES string of the molecule is Cc1nc2cc(-c3ccccc3)nn2c(C)c1CCC(=O)Nc1cc(F)ccc1F. The second kappa shape index (κ2) is 8.02. The molecular weight excluding hydrogens is 386 g/mol. The minimum atomic E-state index is -0.676. The van der Waals surface area contributed by atoms with Gasteiger partial charge in [0.25, 0.3) is 0 Å². The summed E-state index contributed by atoms with van der Waals surface area (Å²) in [4.78, 5) is 16.9. The van der Waals surface area contributed by atoms with Gasteiger partial charge in [0, 0.05) is 35.5 Å². The van der Waals surface area contributed by atoms with Crippen LogP contribution in [0, 0.1) is 25.5 Å². The number of aromatic nitrogens is 3. The van der Waals surface area contributed by atoms with Crippen LogP contribution in [0.15, 0.2) is 54.6 Å². The Morgan fingerprint density at radius 2 is 1.83 bits per heavy atom. The minimum absolute atomic E-state index is 0.109. The Balaban J connectivity index is 1.55. The summed E-state index contributed by atoms with van der Waals surface area (Å²) < 4.78 is 28.8. The number of carbonyl (C=O) groups excluding carboxylic acids is 1. The molecule has 2 aromatic heterocycles. The molecule has 0 radical (unpaired) electrons. The van der Waals surface area contributed by atoms with Crippen LogP contribution in [-0.2, 0) is 11.2 Å². The van der Waals surface area contributed by atoms with Gasteiger partial charge in [0.05, 0.1) is 11.4 Å². The Labute approximate surface area is 172 Å². The number of fused-ring (bicyclic) bond motifs is 1. The predicted molar refractivity (Wildman–Crippen MR) is 111 cm³/mol. The number of carbonyl (C=O) groups is 1. The number of nitrogens with zero attached hydrogens (tertiary/aromatic N) is 3. The molecule has 7 heteroatoms. The van der Waals surface area contributed by atoms with Crippen LogP contribution in [0.1, 0.15) is 23.4 Å². The Morgan fingerprint density at radius 3 is 2.60 bits per heavy atom. The maximum atomic E-state index is 13.7. The number of anilines is 1. The van der Waals surface area contributed by atoms with E-state index in [0.717, 1.165) is 52.1 Å². The van der Waals surface area contributed by atoms with Crippen molar-refractivity contribution in [2.75, 3.05) is 5.32 Å². The first-order chi connectivity index (χ1) is 14.4. The number of halogens is 2. The second-order valence-electron chi connectivity index (χ2n) is 7.10. The van der Waals surface area contributed by atoms with Crippen molar-refractivity contribution in [2.24, 2.45) is 0 Å². The smallest absolute Gasteiger partial charge is 0.224 e. The summed E-state index contributed by atoms with van der Waals surface area (Å²) in [5.41, 5.74) is 4.99. The largest absolute Gasteiger partial charge is 0.324 e. The van der Waals surface area contributed by atoms with Gasteiger partial charge in [0.2, 0.25) is 5.91 Å². The molecule has 2 aromatic carbocycles. The first-order valence-electron chi connectivity index (χ1n) is 9.58. The second-order valence-corrected chi connectivity index (χ2v) is 7.10. The van der Waals surface area contributed by atoms with Crippen molar-refractivity contribution >= 4 is 17.2 Å². The van der Waals surface area contributed by atoms with Crippen LogP contribution in [0.2, 0.25) is 0 Å². The molecule has 2 heterocycles.